The normalized spacial score (nSPS) is 11.6. The minimum absolute atomic E-state index is 0.0128. The van der Waals surface area contributed by atoms with Crippen LogP contribution in [0, 0.1) is 17.0 Å². The van der Waals surface area contributed by atoms with Crippen molar-refractivity contribution >= 4 is 46.6 Å². The quantitative estimate of drug-likeness (QED) is 0.252. The highest BCUT2D eigenvalue weighted by molar-refractivity contribution is 7.99. The van der Waals surface area contributed by atoms with Gasteiger partial charge in [0.05, 0.1) is 27.4 Å². The fraction of sp³-hybridized carbons (Fsp3) is 0.273. The van der Waals surface area contributed by atoms with Gasteiger partial charge in [-0.2, -0.15) is 0 Å². The van der Waals surface area contributed by atoms with Gasteiger partial charge in [-0.1, -0.05) is 41.6 Å². The molecule has 0 bridgehead atoms. The molecule has 3 aromatic rings. The Bertz CT molecular complexity index is 1230. The summed E-state index contributed by atoms with van der Waals surface area (Å²) >= 11 is 7.20. The van der Waals surface area contributed by atoms with E-state index in [0.29, 0.717) is 23.1 Å². The van der Waals surface area contributed by atoms with Gasteiger partial charge in [0.15, 0.2) is 11.0 Å². The van der Waals surface area contributed by atoms with E-state index < -0.39 is 16.9 Å². The number of rotatable bonds is 9. The minimum Gasteiger partial charge on any atom is -0.342 e. The molecule has 1 heterocycles. The number of nitro benzene ring substituents is 1. The molecule has 0 spiro atoms. The molecule has 1 aromatic heterocycles. The molecule has 34 heavy (non-hydrogen) atoms. The van der Waals surface area contributed by atoms with E-state index in [2.05, 4.69) is 20.8 Å². The maximum Gasteiger partial charge on any atom is 0.271 e. The molecule has 0 saturated carbocycles. The number of anilines is 1. The number of non-ortho nitro benzene ring substituents is 1. The number of amides is 2. The lowest BCUT2D eigenvalue weighted by Gasteiger charge is -2.16. The number of nitrogens with one attached hydrogen (secondary N) is 2. The van der Waals surface area contributed by atoms with Crippen molar-refractivity contribution in [2.24, 2.45) is 0 Å². The zero-order chi connectivity index (χ0) is 24.8. The number of halogens is 1. The molecule has 0 aliphatic carbocycles. The fourth-order valence-corrected chi connectivity index (χ4v) is 4.20. The number of aryl methyl sites for hydroxylation is 1. The third kappa shape index (κ3) is 5.91. The average Bonchev–Trinajstić information content (AvgIpc) is 3.22. The highest BCUT2D eigenvalue weighted by Gasteiger charge is 2.21. The van der Waals surface area contributed by atoms with Gasteiger partial charge in [-0.3, -0.25) is 19.7 Å². The van der Waals surface area contributed by atoms with E-state index >= 15 is 0 Å². The first-order valence-corrected chi connectivity index (χ1v) is 11.7. The van der Waals surface area contributed by atoms with E-state index in [-0.39, 0.29) is 28.1 Å². The van der Waals surface area contributed by atoms with Crippen molar-refractivity contribution in [2.75, 3.05) is 11.1 Å². The molecule has 1 atom stereocenters. The van der Waals surface area contributed by atoms with Crippen LogP contribution >= 0.6 is 23.4 Å². The molecule has 3 rings (SSSR count). The maximum absolute atomic E-state index is 12.7. The predicted molar refractivity (Wildman–Crippen MR) is 130 cm³/mol. The van der Waals surface area contributed by atoms with Crippen molar-refractivity contribution < 1.29 is 14.5 Å². The Balaban J connectivity index is 1.66. The number of hydrogen-bond donors (Lipinski definition) is 2. The average molecular weight is 503 g/mol. The predicted octanol–water partition coefficient (Wildman–Crippen LogP) is 4.39. The van der Waals surface area contributed by atoms with Crippen LogP contribution in [-0.4, -0.2) is 37.3 Å². The van der Waals surface area contributed by atoms with Crippen LogP contribution in [0.3, 0.4) is 0 Å². The maximum atomic E-state index is 12.7. The van der Waals surface area contributed by atoms with E-state index in [1.54, 1.807) is 6.07 Å². The van der Waals surface area contributed by atoms with E-state index in [1.165, 1.54) is 18.2 Å². The van der Waals surface area contributed by atoms with Gasteiger partial charge in [0.25, 0.3) is 11.6 Å². The minimum atomic E-state index is -0.564. The molecule has 2 aromatic carbocycles. The van der Waals surface area contributed by atoms with E-state index in [4.69, 9.17) is 11.6 Å². The van der Waals surface area contributed by atoms with Crippen LogP contribution in [0.1, 0.15) is 41.6 Å². The van der Waals surface area contributed by atoms with Gasteiger partial charge in [-0.25, -0.2) is 0 Å². The second-order valence-corrected chi connectivity index (χ2v) is 8.70. The standard InChI is InChI=1S/C22H23ClN6O4S/c1-4-28-20(14(3)24-21(31)16-8-6-5-7-13(16)2)26-27-22(28)34-12-19(30)25-18-11-15(29(32)33)9-10-17(18)23/h5-11,14H,4,12H2,1-3H3,(H,24,31)(H,25,30)/t14-/m1/s1. The summed E-state index contributed by atoms with van der Waals surface area (Å²) in [6, 6.07) is 10.7. The van der Waals surface area contributed by atoms with Crippen LogP contribution in [0.25, 0.3) is 0 Å². The smallest absolute Gasteiger partial charge is 0.271 e. The lowest BCUT2D eigenvalue weighted by molar-refractivity contribution is -0.384. The van der Waals surface area contributed by atoms with Crippen LogP contribution in [0.2, 0.25) is 5.02 Å². The molecule has 0 aliphatic rings. The van der Waals surface area contributed by atoms with Gasteiger partial charge in [0.2, 0.25) is 5.91 Å². The number of thioether (sulfide) groups is 1. The molecular weight excluding hydrogens is 480 g/mol. The first-order chi connectivity index (χ1) is 16.2. The summed E-state index contributed by atoms with van der Waals surface area (Å²) in [5.74, 6) is -0.0607. The number of nitrogens with zero attached hydrogens (tertiary/aromatic N) is 4. The van der Waals surface area contributed by atoms with Gasteiger partial charge >= 0.3 is 0 Å². The summed E-state index contributed by atoms with van der Waals surface area (Å²) < 4.78 is 1.82. The number of hydrogen-bond acceptors (Lipinski definition) is 7. The number of carbonyl (C=O) groups is 2. The second-order valence-electron chi connectivity index (χ2n) is 7.35. The SMILES string of the molecule is CCn1c(SCC(=O)Nc2cc([N+](=O)[O-])ccc2Cl)nnc1[C@@H](C)NC(=O)c1ccccc1C. The number of nitro groups is 1. The monoisotopic (exact) mass is 502 g/mol. The van der Waals surface area contributed by atoms with E-state index in [9.17, 15) is 19.7 Å². The molecule has 10 nitrogen and oxygen atoms in total. The van der Waals surface area contributed by atoms with Crippen molar-refractivity contribution in [1.82, 2.24) is 20.1 Å². The summed E-state index contributed by atoms with van der Waals surface area (Å²) in [4.78, 5) is 35.5. The van der Waals surface area contributed by atoms with Crippen LogP contribution < -0.4 is 10.6 Å². The van der Waals surface area contributed by atoms with Crippen LogP contribution in [0.5, 0.6) is 0 Å². The lowest BCUT2D eigenvalue weighted by atomic mass is 10.1. The van der Waals surface area contributed by atoms with Crippen molar-refractivity contribution in [3.8, 4) is 0 Å². The van der Waals surface area contributed by atoms with Gasteiger partial charge < -0.3 is 15.2 Å². The van der Waals surface area contributed by atoms with E-state index in [0.717, 1.165) is 17.3 Å². The fourth-order valence-electron chi connectivity index (χ4n) is 3.23. The van der Waals surface area contributed by atoms with Gasteiger partial charge in [0.1, 0.15) is 0 Å². The van der Waals surface area contributed by atoms with Crippen molar-refractivity contribution in [1.29, 1.82) is 0 Å². The Morgan fingerprint density at radius 3 is 2.65 bits per heavy atom. The Labute approximate surface area is 205 Å². The van der Waals surface area contributed by atoms with Crippen molar-refractivity contribution in [3.63, 3.8) is 0 Å². The zero-order valence-electron chi connectivity index (χ0n) is 18.7. The van der Waals surface area contributed by atoms with Gasteiger partial charge in [-0.05, 0) is 38.5 Å². The molecule has 12 heteroatoms. The molecule has 2 amide bonds. The third-order valence-corrected chi connectivity index (χ3v) is 6.25. The van der Waals surface area contributed by atoms with Crippen molar-refractivity contribution in [2.45, 2.75) is 38.5 Å². The molecule has 0 aliphatic heterocycles. The topological polar surface area (TPSA) is 132 Å². The molecular formula is C22H23ClN6O4S. The highest BCUT2D eigenvalue weighted by Crippen LogP contribution is 2.27. The van der Waals surface area contributed by atoms with Crippen LogP contribution in [-0.2, 0) is 11.3 Å². The second kappa shape index (κ2) is 11.1. The molecule has 0 fully saturated rings. The number of aromatic nitrogens is 3. The highest BCUT2D eigenvalue weighted by atomic mass is 35.5. The molecule has 0 saturated heterocycles. The Kier molecular flexibility index (Phi) is 8.24. The molecule has 178 valence electrons. The summed E-state index contributed by atoms with van der Waals surface area (Å²) in [5, 5.41) is 25.6. The Hall–Kier alpha value is -3.44. The third-order valence-electron chi connectivity index (χ3n) is 4.95. The van der Waals surface area contributed by atoms with Gasteiger partial charge in [0, 0.05) is 24.2 Å². The molecule has 2 N–H and O–H groups in total. The van der Waals surface area contributed by atoms with Crippen molar-refractivity contribution in [3.05, 3.63) is 74.6 Å². The molecule has 0 unspecified atom stereocenters. The number of benzene rings is 2. The first kappa shape index (κ1) is 25.2. The first-order valence-electron chi connectivity index (χ1n) is 10.4. The Morgan fingerprint density at radius 1 is 1.24 bits per heavy atom. The van der Waals surface area contributed by atoms with Crippen LogP contribution in [0.15, 0.2) is 47.6 Å². The Morgan fingerprint density at radius 2 is 1.97 bits per heavy atom. The summed E-state index contributed by atoms with van der Waals surface area (Å²) in [6.45, 7) is 6.13. The summed E-state index contributed by atoms with van der Waals surface area (Å²) in [6.07, 6.45) is 0. The van der Waals surface area contributed by atoms with Gasteiger partial charge in [-0.15, -0.1) is 10.2 Å². The lowest BCUT2D eigenvalue weighted by Crippen LogP contribution is -2.29. The summed E-state index contributed by atoms with van der Waals surface area (Å²) in [7, 11) is 0. The number of carbonyl (C=O) groups excluding carboxylic acids is 2. The van der Waals surface area contributed by atoms with E-state index in [1.807, 2.05) is 43.5 Å². The summed E-state index contributed by atoms with van der Waals surface area (Å²) in [5.41, 5.74) is 1.44. The van der Waals surface area contributed by atoms with Crippen LogP contribution in [0.4, 0.5) is 11.4 Å². The zero-order valence-corrected chi connectivity index (χ0v) is 20.3. The largest absolute Gasteiger partial charge is 0.342 e. The molecule has 0 radical (unpaired) electrons.